The van der Waals surface area contributed by atoms with Crippen molar-refractivity contribution in [1.82, 2.24) is 0 Å². The number of aliphatic carboxylic acids is 1. The molecule has 0 heterocycles. The van der Waals surface area contributed by atoms with Gasteiger partial charge in [-0.25, -0.2) is 9.59 Å². The lowest BCUT2D eigenvalue weighted by molar-refractivity contribution is -0.142. The van der Waals surface area contributed by atoms with E-state index in [1.165, 1.54) is 0 Å². The molecular formula is C5H9ClO5. The molecule has 66 valence electrons. The van der Waals surface area contributed by atoms with Gasteiger partial charge in [0.15, 0.2) is 0 Å². The molecule has 2 N–H and O–H groups in total. The topological polar surface area (TPSA) is 83.8 Å². The van der Waals surface area contributed by atoms with Crippen molar-refractivity contribution >= 4 is 23.0 Å². The Bertz CT molecular complexity index is 120. The van der Waals surface area contributed by atoms with Gasteiger partial charge in [-0.15, -0.1) is 0 Å². The smallest absolute Gasteiger partial charge is 0.401 e. The van der Waals surface area contributed by atoms with Crippen LogP contribution >= 0.6 is 11.6 Å². The Morgan fingerprint density at radius 1 is 1.45 bits per heavy atom. The van der Waals surface area contributed by atoms with Gasteiger partial charge in [-0.05, 0) is 6.92 Å². The molecule has 6 heteroatoms. The van der Waals surface area contributed by atoms with Gasteiger partial charge in [0.1, 0.15) is 6.61 Å². The predicted molar refractivity (Wildman–Crippen MR) is 38.0 cm³/mol. The average Bonchev–Trinajstić information content (AvgIpc) is 1.82. The fourth-order valence-electron chi connectivity index (χ4n) is 0.189. The highest BCUT2D eigenvalue weighted by molar-refractivity contribution is 6.60. The molecule has 0 rings (SSSR count). The van der Waals surface area contributed by atoms with E-state index in [0.29, 0.717) is 6.61 Å². The molecule has 0 aromatic heterocycles. The molecule has 0 fully saturated rings. The molecule has 0 aliphatic rings. The monoisotopic (exact) mass is 184 g/mol. The number of carbonyl (C=O) groups is 2. The number of hydrogen-bond donors (Lipinski definition) is 2. The SMILES string of the molecule is CCOCC(=O)O.O=C(O)Cl. The van der Waals surface area contributed by atoms with E-state index in [1.54, 1.807) is 6.92 Å². The molecular weight excluding hydrogens is 176 g/mol. The van der Waals surface area contributed by atoms with Crippen LogP contribution in [0.25, 0.3) is 0 Å². The number of carboxylic acid groups (broad SMARTS) is 2. The van der Waals surface area contributed by atoms with Gasteiger partial charge in [-0.1, -0.05) is 0 Å². The van der Waals surface area contributed by atoms with Gasteiger partial charge in [-0.2, -0.15) is 0 Å². The van der Waals surface area contributed by atoms with Gasteiger partial charge < -0.3 is 14.9 Å². The highest BCUT2D eigenvalue weighted by atomic mass is 35.5. The second-order valence-electron chi connectivity index (χ2n) is 1.28. The van der Waals surface area contributed by atoms with Crippen molar-refractivity contribution in [1.29, 1.82) is 0 Å². The van der Waals surface area contributed by atoms with Gasteiger partial charge in [-0.3, -0.25) is 0 Å². The van der Waals surface area contributed by atoms with Crippen LogP contribution in [0.15, 0.2) is 0 Å². The maximum atomic E-state index is 9.63. The normalized spacial score (nSPS) is 7.82. The number of rotatable bonds is 3. The number of ether oxygens (including phenoxy) is 1. The highest BCUT2D eigenvalue weighted by Gasteiger charge is 1.90. The zero-order valence-corrected chi connectivity index (χ0v) is 6.67. The maximum absolute atomic E-state index is 9.63. The Morgan fingerprint density at radius 2 is 1.82 bits per heavy atom. The van der Waals surface area contributed by atoms with Crippen LogP contribution in [0.4, 0.5) is 4.79 Å². The summed E-state index contributed by atoms with van der Waals surface area (Å²) in [6.07, 6.45) is 0. The lowest BCUT2D eigenvalue weighted by atomic mass is 10.7. The lowest BCUT2D eigenvalue weighted by Gasteiger charge is -1.90. The number of halogens is 1. The third kappa shape index (κ3) is 46.7. The molecule has 11 heavy (non-hydrogen) atoms. The van der Waals surface area contributed by atoms with Gasteiger partial charge >= 0.3 is 11.4 Å². The van der Waals surface area contributed by atoms with E-state index in [4.69, 9.17) is 15.0 Å². The Kier molecular flexibility index (Phi) is 10.7. The van der Waals surface area contributed by atoms with Crippen molar-refractivity contribution in [2.24, 2.45) is 0 Å². The molecule has 0 aromatic carbocycles. The van der Waals surface area contributed by atoms with Crippen molar-refractivity contribution in [2.75, 3.05) is 13.2 Å². The fourth-order valence-corrected chi connectivity index (χ4v) is 0.189. The summed E-state index contributed by atoms with van der Waals surface area (Å²) < 4.78 is 4.50. The van der Waals surface area contributed by atoms with E-state index in [1.807, 2.05) is 0 Å². The largest absolute Gasteiger partial charge is 0.480 e. The second-order valence-corrected chi connectivity index (χ2v) is 1.61. The van der Waals surface area contributed by atoms with E-state index >= 15 is 0 Å². The van der Waals surface area contributed by atoms with Gasteiger partial charge in [0.25, 0.3) is 0 Å². The Morgan fingerprint density at radius 3 is 1.91 bits per heavy atom. The van der Waals surface area contributed by atoms with Crippen LogP contribution in [0, 0.1) is 0 Å². The Labute approximate surface area is 68.5 Å². The zero-order chi connectivity index (χ0) is 9.28. The van der Waals surface area contributed by atoms with E-state index in [0.717, 1.165) is 0 Å². The molecule has 5 nitrogen and oxygen atoms in total. The summed E-state index contributed by atoms with van der Waals surface area (Å²) in [5, 5.41) is 15.1. The van der Waals surface area contributed by atoms with E-state index < -0.39 is 11.4 Å². The summed E-state index contributed by atoms with van der Waals surface area (Å²) in [7, 11) is 0. The third-order valence-electron chi connectivity index (χ3n) is 0.430. The highest BCUT2D eigenvalue weighted by Crippen LogP contribution is 1.69. The lowest BCUT2D eigenvalue weighted by Crippen LogP contribution is -2.05. The standard InChI is InChI=1S/C4H8O3.CHClO2/c1-2-7-3-4(5)6;2-1(3)4/h2-3H2,1H3,(H,5,6);(H,3,4). The zero-order valence-electron chi connectivity index (χ0n) is 5.91. The molecule has 0 saturated heterocycles. The Balaban J connectivity index is 0. The molecule has 0 spiro atoms. The van der Waals surface area contributed by atoms with Crippen molar-refractivity contribution in [3.8, 4) is 0 Å². The first-order chi connectivity index (χ1) is 5.00. The summed E-state index contributed by atoms with van der Waals surface area (Å²) in [6, 6.07) is 0. The van der Waals surface area contributed by atoms with E-state index in [2.05, 4.69) is 16.3 Å². The summed E-state index contributed by atoms with van der Waals surface area (Å²) in [5.41, 5.74) is -1.36. The number of carboxylic acids is 1. The van der Waals surface area contributed by atoms with Crippen LogP contribution < -0.4 is 0 Å². The van der Waals surface area contributed by atoms with Crippen LogP contribution in [-0.2, 0) is 9.53 Å². The van der Waals surface area contributed by atoms with Gasteiger partial charge in [0, 0.05) is 18.2 Å². The molecule has 0 aliphatic heterocycles. The first kappa shape index (κ1) is 12.8. The molecule has 0 aromatic rings. The number of hydrogen-bond acceptors (Lipinski definition) is 3. The second kappa shape index (κ2) is 9.19. The molecule has 0 aliphatic carbocycles. The minimum atomic E-state index is -1.36. The summed E-state index contributed by atoms with van der Waals surface area (Å²) in [6.45, 7) is 2.03. The summed E-state index contributed by atoms with van der Waals surface area (Å²) >= 11 is 4.19. The maximum Gasteiger partial charge on any atom is 0.401 e. The van der Waals surface area contributed by atoms with Crippen molar-refractivity contribution < 1.29 is 24.5 Å². The van der Waals surface area contributed by atoms with Crippen LogP contribution in [0.3, 0.4) is 0 Å². The van der Waals surface area contributed by atoms with E-state index in [9.17, 15) is 4.79 Å². The molecule has 0 radical (unpaired) electrons. The molecule has 0 amide bonds. The summed E-state index contributed by atoms with van der Waals surface area (Å²) in [4.78, 5) is 18.4. The molecule has 0 unspecified atom stereocenters. The van der Waals surface area contributed by atoms with Crippen LogP contribution in [0.5, 0.6) is 0 Å². The predicted octanol–water partition coefficient (Wildman–Crippen LogP) is 1.01. The van der Waals surface area contributed by atoms with Gasteiger partial charge in [0.2, 0.25) is 0 Å². The fraction of sp³-hybridized carbons (Fsp3) is 0.600. The van der Waals surface area contributed by atoms with Crippen LogP contribution in [0.2, 0.25) is 0 Å². The van der Waals surface area contributed by atoms with Crippen molar-refractivity contribution in [2.45, 2.75) is 6.92 Å². The minimum Gasteiger partial charge on any atom is -0.480 e. The third-order valence-corrected chi connectivity index (χ3v) is 0.430. The first-order valence-corrected chi connectivity index (χ1v) is 3.06. The van der Waals surface area contributed by atoms with Crippen molar-refractivity contribution in [3.05, 3.63) is 0 Å². The minimum absolute atomic E-state index is 0.184. The average molecular weight is 185 g/mol. The van der Waals surface area contributed by atoms with Crippen molar-refractivity contribution in [3.63, 3.8) is 0 Å². The Hall–Kier alpha value is -0.810. The van der Waals surface area contributed by atoms with E-state index in [-0.39, 0.29) is 6.61 Å². The first-order valence-electron chi connectivity index (χ1n) is 2.68. The van der Waals surface area contributed by atoms with Crippen LogP contribution in [0.1, 0.15) is 6.92 Å². The quantitative estimate of drug-likeness (QED) is 0.640. The summed E-state index contributed by atoms with van der Waals surface area (Å²) in [5.74, 6) is -0.915. The molecule has 0 atom stereocenters. The molecule has 0 bridgehead atoms. The van der Waals surface area contributed by atoms with Crippen LogP contribution in [-0.4, -0.2) is 34.8 Å². The molecule has 0 saturated carbocycles. The van der Waals surface area contributed by atoms with Gasteiger partial charge in [0.05, 0.1) is 0 Å².